The molecule has 8 nitrogen and oxygen atoms in total. The predicted octanol–water partition coefficient (Wildman–Crippen LogP) is 5.07. The lowest BCUT2D eigenvalue weighted by atomic mass is 10.1. The van der Waals surface area contributed by atoms with Gasteiger partial charge in [0.25, 0.3) is 0 Å². The quantitative estimate of drug-likeness (QED) is 0.404. The van der Waals surface area contributed by atoms with Gasteiger partial charge in [0.05, 0.1) is 0 Å². The number of carbonyl (C=O) groups is 1. The summed E-state index contributed by atoms with van der Waals surface area (Å²) in [5.41, 5.74) is 2.28. The first kappa shape index (κ1) is 27.5. The fourth-order valence-electron chi connectivity index (χ4n) is 5.39. The number of anilines is 4. The molecule has 212 valence electrons. The van der Waals surface area contributed by atoms with E-state index < -0.39 is 11.7 Å². The maximum atomic E-state index is 13.7. The summed E-state index contributed by atoms with van der Waals surface area (Å²) in [6.07, 6.45) is 1.42. The van der Waals surface area contributed by atoms with E-state index in [4.69, 9.17) is 0 Å². The van der Waals surface area contributed by atoms with Crippen molar-refractivity contribution in [1.29, 1.82) is 0 Å². The zero-order chi connectivity index (χ0) is 27.4. The van der Waals surface area contributed by atoms with Gasteiger partial charge < -0.3 is 25.3 Å². The average molecular weight is 546 g/mol. The Bertz CT molecular complexity index is 1150. The Morgan fingerprint density at radius 1 is 1.08 bits per heavy atom. The first-order valence-corrected chi connectivity index (χ1v) is 14.2. The molecule has 3 aliphatic rings. The molecule has 2 saturated heterocycles. The van der Waals surface area contributed by atoms with Crippen molar-refractivity contribution < 1.29 is 18.0 Å². The van der Waals surface area contributed by atoms with Gasteiger partial charge in [-0.05, 0) is 68.3 Å². The van der Waals surface area contributed by atoms with E-state index in [1.807, 2.05) is 6.07 Å². The number of hydrogen-bond acceptors (Lipinski definition) is 7. The zero-order valence-electron chi connectivity index (χ0n) is 22.6. The molecule has 5 rings (SSSR count). The molecule has 3 fully saturated rings. The van der Waals surface area contributed by atoms with Gasteiger partial charge in [-0.15, -0.1) is 0 Å². The van der Waals surface area contributed by atoms with E-state index in [1.54, 1.807) is 4.90 Å². The van der Waals surface area contributed by atoms with Crippen LogP contribution in [-0.4, -0.2) is 78.0 Å². The minimum atomic E-state index is -4.58. The Morgan fingerprint density at radius 3 is 2.56 bits per heavy atom. The van der Waals surface area contributed by atoms with Crippen LogP contribution < -0.4 is 15.5 Å². The first-order valence-electron chi connectivity index (χ1n) is 14.2. The number of likely N-dealkylation sites (N-methyl/N-ethyl adjacent to an activating group) is 1. The normalized spacial score (nSPS) is 18.9. The van der Waals surface area contributed by atoms with Crippen molar-refractivity contribution in [1.82, 2.24) is 19.8 Å². The van der Waals surface area contributed by atoms with Crippen molar-refractivity contribution in [2.75, 3.05) is 67.9 Å². The van der Waals surface area contributed by atoms with Crippen molar-refractivity contribution in [3.8, 4) is 0 Å². The van der Waals surface area contributed by atoms with Crippen LogP contribution in [0.25, 0.3) is 0 Å². The number of hydrogen-bond donors (Lipinski definition) is 2. The number of nitrogens with one attached hydrogen (secondary N) is 2. The van der Waals surface area contributed by atoms with Crippen LogP contribution in [-0.2, 0) is 11.0 Å². The average Bonchev–Trinajstić information content (AvgIpc) is 3.77. The van der Waals surface area contributed by atoms with Crippen molar-refractivity contribution in [3.63, 3.8) is 0 Å². The van der Waals surface area contributed by atoms with Gasteiger partial charge >= 0.3 is 6.18 Å². The fraction of sp³-hybridized carbons (Fsp3) is 0.607. The van der Waals surface area contributed by atoms with Crippen LogP contribution >= 0.6 is 0 Å². The number of piperidine rings is 1. The molecule has 0 unspecified atom stereocenters. The van der Waals surface area contributed by atoms with Gasteiger partial charge in [-0.3, -0.25) is 4.79 Å². The summed E-state index contributed by atoms with van der Waals surface area (Å²) in [6, 6.07) is 6.28. The summed E-state index contributed by atoms with van der Waals surface area (Å²) >= 11 is 0. The molecule has 2 aromatic rings. The van der Waals surface area contributed by atoms with Crippen molar-refractivity contribution in [2.24, 2.45) is 0 Å². The maximum absolute atomic E-state index is 13.7. The van der Waals surface area contributed by atoms with Gasteiger partial charge in [-0.1, -0.05) is 6.92 Å². The molecule has 1 saturated carbocycles. The van der Waals surface area contributed by atoms with E-state index in [2.05, 4.69) is 49.5 Å². The lowest BCUT2D eigenvalue weighted by Crippen LogP contribution is -2.46. The first-order chi connectivity index (χ1) is 18.8. The van der Waals surface area contributed by atoms with Crippen molar-refractivity contribution in [2.45, 2.75) is 57.5 Å². The highest BCUT2D eigenvalue weighted by Gasteiger charge is 2.35. The van der Waals surface area contributed by atoms with Gasteiger partial charge in [0.15, 0.2) is 0 Å². The second-order valence-corrected chi connectivity index (χ2v) is 10.7. The van der Waals surface area contributed by atoms with Gasteiger partial charge in [0.2, 0.25) is 11.9 Å². The lowest BCUT2D eigenvalue weighted by molar-refractivity contribution is -0.137. The minimum absolute atomic E-state index is 0.117. The monoisotopic (exact) mass is 545 g/mol. The highest BCUT2D eigenvalue weighted by atomic mass is 19.4. The highest BCUT2D eigenvalue weighted by Crippen LogP contribution is 2.45. The van der Waals surface area contributed by atoms with Gasteiger partial charge in [-0.25, -0.2) is 4.98 Å². The Kier molecular flexibility index (Phi) is 8.44. The lowest BCUT2D eigenvalue weighted by Gasteiger charge is -2.35. The SMILES string of the molecule is CCN1CCN(c2ccc(Nc3ncc(C(F)(F)F)c(NCCCN4CCCCC4=O)n3)c(C3CC3)c2)CC1. The molecular formula is C28H38F3N7O. The van der Waals surface area contributed by atoms with E-state index in [0.29, 0.717) is 31.8 Å². The molecule has 1 aromatic carbocycles. The van der Waals surface area contributed by atoms with Crippen molar-refractivity contribution in [3.05, 3.63) is 35.5 Å². The Hall–Kier alpha value is -3.08. The highest BCUT2D eigenvalue weighted by molar-refractivity contribution is 5.76. The summed E-state index contributed by atoms with van der Waals surface area (Å²) in [6.45, 7) is 8.80. The van der Waals surface area contributed by atoms with Crippen LogP contribution in [0.4, 0.5) is 36.3 Å². The molecular weight excluding hydrogens is 507 g/mol. The zero-order valence-corrected chi connectivity index (χ0v) is 22.6. The standard InChI is InChI=1S/C28H38F3N7O/c1-2-36-14-16-37(17-15-36)21-9-10-24(22(18-21)20-7-8-20)34-27-33-19-23(28(29,30)31)26(35-27)32-11-5-13-38-12-4-3-6-25(38)39/h9-10,18-20H,2-8,11-17H2,1H3,(H2,32,33,34,35). The van der Waals surface area contributed by atoms with Gasteiger partial charge in [0.1, 0.15) is 11.4 Å². The van der Waals surface area contributed by atoms with E-state index >= 15 is 0 Å². The van der Waals surface area contributed by atoms with E-state index in [0.717, 1.165) is 75.9 Å². The Labute approximate surface area is 228 Å². The molecule has 0 radical (unpaired) electrons. The largest absolute Gasteiger partial charge is 0.421 e. The molecule has 11 heteroatoms. The molecule has 39 heavy (non-hydrogen) atoms. The summed E-state index contributed by atoms with van der Waals surface area (Å²) in [7, 11) is 0. The molecule has 0 bridgehead atoms. The number of amides is 1. The number of carbonyl (C=O) groups excluding carboxylic acids is 1. The second-order valence-electron chi connectivity index (χ2n) is 10.7. The number of benzene rings is 1. The Morgan fingerprint density at radius 2 is 1.87 bits per heavy atom. The minimum Gasteiger partial charge on any atom is -0.369 e. The smallest absolute Gasteiger partial charge is 0.369 e. The molecule has 2 N–H and O–H groups in total. The van der Waals surface area contributed by atoms with Crippen LogP contribution in [0.15, 0.2) is 24.4 Å². The number of nitrogens with zero attached hydrogens (tertiary/aromatic N) is 5. The number of piperazine rings is 1. The van der Waals surface area contributed by atoms with Gasteiger partial charge in [0, 0.05) is 69.8 Å². The summed E-state index contributed by atoms with van der Waals surface area (Å²) < 4.78 is 41.1. The third-order valence-electron chi connectivity index (χ3n) is 7.90. The second kappa shape index (κ2) is 12.0. The molecule has 1 aliphatic carbocycles. The van der Waals surface area contributed by atoms with Crippen LogP contribution in [0.2, 0.25) is 0 Å². The number of rotatable bonds is 10. The summed E-state index contributed by atoms with van der Waals surface area (Å²) in [4.78, 5) is 26.9. The van der Waals surface area contributed by atoms with Crippen LogP contribution in [0.3, 0.4) is 0 Å². The van der Waals surface area contributed by atoms with Gasteiger partial charge in [-0.2, -0.15) is 18.2 Å². The number of aromatic nitrogens is 2. The van der Waals surface area contributed by atoms with E-state index in [-0.39, 0.29) is 24.2 Å². The molecule has 0 spiro atoms. The fourth-order valence-corrected chi connectivity index (χ4v) is 5.39. The number of likely N-dealkylation sites (tertiary alicyclic amines) is 1. The van der Waals surface area contributed by atoms with Crippen LogP contribution in [0, 0.1) is 0 Å². The van der Waals surface area contributed by atoms with Crippen molar-refractivity contribution >= 4 is 29.0 Å². The molecule has 1 aromatic heterocycles. The summed E-state index contributed by atoms with van der Waals surface area (Å²) in [5, 5.41) is 6.05. The molecule has 0 atom stereocenters. The van der Waals surface area contributed by atoms with Crippen LogP contribution in [0.1, 0.15) is 62.5 Å². The maximum Gasteiger partial charge on any atom is 0.421 e. The molecule has 2 aliphatic heterocycles. The number of halogens is 3. The third-order valence-corrected chi connectivity index (χ3v) is 7.90. The Balaban J connectivity index is 1.28. The summed E-state index contributed by atoms with van der Waals surface area (Å²) in [5.74, 6) is 0.437. The van der Waals surface area contributed by atoms with Crippen LogP contribution in [0.5, 0.6) is 0 Å². The van der Waals surface area contributed by atoms with E-state index in [9.17, 15) is 18.0 Å². The third kappa shape index (κ3) is 6.93. The predicted molar refractivity (Wildman–Crippen MR) is 147 cm³/mol. The molecule has 3 heterocycles. The van der Waals surface area contributed by atoms with E-state index in [1.165, 1.54) is 5.69 Å². The topological polar surface area (TPSA) is 76.6 Å². The number of alkyl halides is 3. The molecule has 1 amide bonds.